The summed E-state index contributed by atoms with van der Waals surface area (Å²) in [7, 11) is 1.33. The Bertz CT molecular complexity index is 430. The van der Waals surface area contributed by atoms with Crippen LogP contribution < -0.4 is 4.74 Å². The zero-order valence-electron chi connectivity index (χ0n) is 8.28. The predicted molar refractivity (Wildman–Crippen MR) is 52.2 cm³/mol. The molecule has 1 atom stereocenters. The summed E-state index contributed by atoms with van der Waals surface area (Å²) < 4.78 is 4.77. The smallest absolute Gasteiger partial charge is 0.337 e. The van der Waals surface area contributed by atoms with Gasteiger partial charge in [0.15, 0.2) is 6.10 Å². The fraction of sp³-hybridized carbons (Fsp3) is 0.222. The zero-order valence-corrected chi connectivity index (χ0v) is 8.28. The van der Waals surface area contributed by atoms with Crippen LogP contribution in [0.1, 0.15) is 11.7 Å². The molecule has 0 heterocycles. The number of hydrogen-bond acceptors (Lipinski definition) is 5. The van der Waals surface area contributed by atoms with Crippen LogP contribution >= 0.6 is 0 Å². The molecular weight excluding hydrogens is 218 g/mol. The molecule has 1 aromatic carbocycles. The molecule has 0 aromatic heterocycles. The molecule has 1 aromatic rings. The average Bonchev–Trinajstić information content (AvgIpc) is 2.26. The molecule has 0 unspecified atom stereocenters. The topological polar surface area (TPSA) is 110 Å². The largest absolute Gasteiger partial charge is 0.497 e. The maximum absolute atomic E-state index is 10.7. The lowest BCUT2D eigenvalue weighted by Crippen LogP contribution is -2.12. The molecule has 2 N–H and O–H groups in total. The van der Waals surface area contributed by atoms with Crippen LogP contribution in [0.4, 0.5) is 5.69 Å². The summed E-state index contributed by atoms with van der Waals surface area (Å²) in [6.07, 6.45) is -1.92. The van der Waals surface area contributed by atoms with E-state index in [2.05, 4.69) is 0 Å². The van der Waals surface area contributed by atoms with Gasteiger partial charge in [-0.25, -0.2) is 4.79 Å². The second-order valence-corrected chi connectivity index (χ2v) is 2.92. The first-order chi connectivity index (χ1) is 7.47. The van der Waals surface area contributed by atoms with E-state index in [-0.39, 0.29) is 11.3 Å². The van der Waals surface area contributed by atoms with E-state index in [9.17, 15) is 20.0 Å². The zero-order chi connectivity index (χ0) is 12.3. The number of ether oxygens (including phenoxy) is 1. The minimum absolute atomic E-state index is 0.216. The van der Waals surface area contributed by atoms with E-state index in [1.165, 1.54) is 13.2 Å². The third kappa shape index (κ3) is 2.26. The van der Waals surface area contributed by atoms with Crippen LogP contribution in [0.2, 0.25) is 0 Å². The lowest BCUT2D eigenvalue weighted by atomic mass is 10.1. The molecule has 0 spiro atoms. The standard InChI is InChI=1S/C9H9NO6/c1-16-5-2-3-6(8(11)9(12)13)7(4-5)10(14)15/h2-4,8,11H,1H3,(H,12,13)/t8-/m1/s1. The minimum Gasteiger partial charge on any atom is -0.497 e. The molecular formula is C9H9NO6. The van der Waals surface area contributed by atoms with E-state index >= 15 is 0 Å². The Morgan fingerprint density at radius 1 is 1.56 bits per heavy atom. The van der Waals surface area contributed by atoms with Gasteiger partial charge in [0.2, 0.25) is 0 Å². The van der Waals surface area contributed by atoms with Crippen LogP contribution in [0.15, 0.2) is 18.2 Å². The highest BCUT2D eigenvalue weighted by Gasteiger charge is 2.26. The molecule has 0 aliphatic rings. The molecule has 0 aliphatic heterocycles. The third-order valence-corrected chi connectivity index (χ3v) is 1.96. The Hall–Kier alpha value is -2.15. The van der Waals surface area contributed by atoms with Gasteiger partial charge in [-0.15, -0.1) is 0 Å². The Morgan fingerprint density at radius 3 is 2.62 bits per heavy atom. The summed E-state index contributed by atoms with van der Waals surface area (Å²) >= 11 is 0. The highest BCUT2D eigenvalue weighted by atomic mass is 16.6. The van der Waals surface area contributed by atoms with Gasteiger partial charge in [0.25, 0.3) is 5.69 Å². The number of nitro groups is 1. The number of nitro benzene ring substituents is 1. The molecule has 0 radical (unpaired) electrons. The second-order valence-electron chi connectivity index (χ2n) is 2.92. The SMILES string of the molecule is COc1ccc([C@@H](O)C(=O)O)c([N+](=O)[O-])c1. The van der Waals surface area contributed by atoms with Gasteiger partial charge in [-0.1, -0.05) is 0 Å². The van der Waals surface area contributed by atoms with Crippen LogP contribution in [-0.2, 0) is 4.79 Å². The molecule has 0 bridgehead atoms. The lowest BCUT2D eigenvalue weighted by Gasteiger charge is -2.07. The molecule has 16 heavy (non-hydrogen) atoms. The van der Waals surface area contributed by atoms with Crippen molar-refractivity contribution in [2.45, 2.75) is 6.10 Å². The van der Waals surface area contributed by atoms with Crippen molar-refractivity contribution in [1.29, 1.82) is 0 Å². The number of benzene rings is 1. The molecule has 0 aliphatic carbocycles. The van der Waals surface area contributed by atoms with Crippen molar-refractivity contribution in [3.8, 4) is 5.75 Å². The Balaban J connectivity index is 3.28. The van der Waals surface area contributed by atoms with E-state index in [1.54, 1.807) is 0 Å². The van der Waals surface area contributed by atoms with Gasteiger partial charge in [0, 0.05) is 0 Å². The summed E-state index contributed by atoms with van der Waals surface area (Å²) in [5, 5.41) is 28.5. The van der Waals surface area contributed by atoms with Crippen molar-refractivity contribution >= 4 is 11.7 Å². The molecule has 0 amide bonds. The molecule has 86 valence electrons. The van der Waals surface area contributed by atoms with Crippen molar-refractivity contribution in [3.63, 3.8) is 0 Å². The van der Waals surface area contributed by atoms with E-state index in [1.807, 2.05) is 0 Å². The van der Waals surface area contributed by atoms with Gasteiger partial charge < -0.3 is 14.9 Å². The van der Waals surface area contributed by atoms with Gasteiger partial charge in [0.05, 0.1) is 23.7 Å². The molecule has 0 saturated heterocycles. The Kier molecular flexibility index (Phi) is 3.41. The summed E-state index contributed by atoms with van der Waals surface area (Å²) in [6, 6.07) is 3.55. The number of carbonyl (C=O) groups is 1. The number of rotatable bonds is 4. The van der Waals surface area contributed by atoms with Gasteiger partial charge in [-0.05, 0) is 12.1 Å². The number of aliphatic hydroxyl groups is 1. The van der Waals surface area contributed by atoms with Gasteiger partial charge in [0.1, 0.15) is 5.75 Å². The lowest BCUT2D eigenvalue weighted by molar-refractivity contribution is -0.386. The van der Waals surface area contributed by atoms with E-state index in [0.717, 1.165) is 12.1 Å². The number of methoxy groups -OCH3 is 1. The maximum Gasteiger partial charge on any atom is 0.337 e. The number of carboxylic acids is 1. The van der Waals surface area contributed by atoms with Gasteiger partial charge in [-0.3, -0.25) is 10.1 Å². The summed E-state index contributed by atoms with van der Waals surface area (Å²) in [6.45, 7) is 0. The van der Waals surface area contributed by atoms with Crippen LogP contribution in [0.5, 0.6) is 5.75 Å². The van der Waals surface area contributed by atoms with Crippen LogP contribution in [0, 0.1) is 10.1 Å². The van der Waals surface area contributed by atoms with Crippen LogP contribution in [-0.4, -0.2) is 28.2 Å². The van der Waals surface area contributed by atoms with Crippen LogP contribution in [0.3, 0.4) is 0 Å². The fourth-order valence-corrected chi connectivity index (χ4v) is 1.17. The van der Waals surface area contributed by atoms with Crippen LogP contribution in [0.25, 0.3) is 0 Å². The highest BCUT2D eigenvalue weighted by Crippen LogP contribution is 2.29. The summed E-state index contributed by atoms with van der Waals surface area (Å²) in [5.74, 6) is -1.33. The predicted octanol–water partition coefficient (Wildman–Crippen LogP) is 0.721. The third-order valence-electron chi connectivity index (χ3n) is 1.96. The number of hydrogen-bond donors (Lipinski definition) is 2. The summed E-state index contributed by atoms with van der Waals surface area (Å²) in [4.78, 5) is 20.4. The van der Waals surface area contributed by atoms with Crippen molar-refractivity contribution in [3.05, 3.63) is 33.9 Å². The first kappa shape index (κ1) is 11.9. The Labute approximate surface area is 90.0 Å². The monoisotopic (exact) mass is 227 g/mol. The van der Waals surface area contributed by atoms with E-state index < -0.39 is 22.7 Å². The van der Waals surface area contributed by atoms with Gasteiger partial charge >= 0.3 is 5.97 Å². The number of nitrogens with zero attached hydrogens (tertiary/aromatic N) is 1. The second kappa shape index (κ2) is 4.58. The molecule has 1 rings (SSSR count). The molecule has 0 fully saturated rings. The number of aliphatic carboxylic acids is 1. The van der Waals surface area contributed by atoms with Crippen molar-refractivity contribution in [2.75, 3.05) is 7.11 Å². The van der Waals surface area contributed by atoms with E-state index in [4.69, 9.17) is 9.84 Å². The fourth-order valence-electron chi connectivity index (χ4n) is 1.17. The molecule has 0 saturated carbocycles. The van der Waals surface area contributed by atoms with Crippen molar-refractivity contribution in [1.82, 2.24) is 0 Å². The normalized spacial score (nSPS) is 11.9. The van der Waals surface area contributed by atoms with E-state index in [0.29, 0.717) is 0 Å². The molecule has 7 heteroatoms. The first-order valence-corrected chi connectivity index (χ1v) is 4.20. The highest BCUT2D eigenvalue weighted by molar-refractivity contribution is 5.76. The van der Waals surface area contributed by atoms with Gasteiger partial charge in [-0.2, -0.15) is 0 Å². The molecule has 7 nitrogen and oxygen atoms in total. The maximum atomic E-state index is 10.7. The number of carboxylic acid groups (broad SMARTS) is 1. The van der Waals surface area contributed by atoms with Crippen molar-refractivity contribution in [2.24, 2.45) is 0 Å². The minimum atomic E-state index is -1.92. The first-order valence-electron chi connectivity index (χ1n) is 4.20. The van der Waals surface area contributed by atoms with Crippen molar-refractivity contribution < 1.29 is 24.7 Å². The number of aliphatic hydroxyl groups excluding tert-OH is 1. The Morgan fingerprint density at radius 2 is 2.19 bits per heavy atom. The quantitative estimate of drug-likeness (QED) is 0.579. The summed E-state index contributed by atoms with van der Waals surface area (Å²) in [5.41, 5.74) is -0.771. The average molecular weight is 227 g/mol.